The average Bonchev–Trinajstić information content (AvgIpc) is 2.53. The molecule has 2 heterocycles. The molecule has 1 atom stereocenters. The van der Waals surface area contributed by atoms with Crippen LogP contribution in [0.25, 0.3) is 0 Å². The Morgan fingerprint density at radius 1 is 1.31 bits per heavy atom. The SMILES string of the molecule is Cc1nccc(OC2CCN(C(=O)C(C)NC(=O)OC(C)(C)C)CC2)n1. The second-order valence-corrected chi connectivity index (χ2v) is 7.45. The van der Waals surface area contributed by atoms with E-state index in [0.29, 0.717) is 37.6 Å². The molecule has 26 heavy (non-hydrogen) atoms. The number of alkyl carbamates (subject to hydrolysis) is 1. The fourth-order valence-electron chi connectivity index (χ4n) is 2.68. The van der Waals surface area contributed by atoms with Gasteiger partial charge in [-0.3, -0.25) is 4.79 Å². The van der Waals surface area contributed by atoms with Crippen LogP contribution in [0, 0.1) is 6.92 Å². The zero-order valence-electron chi connectivity index (χ0n) is 16.1. The molecular weight excluding hydrogens is 336 g/mol. The highest BCUT2D eigenvalue weighted by molar-refractivity contribution is 5.85. The van der Waals surface area contributed by atoms with Crippen molar-refractivity contribution in [1.82, 2.24) is 20.2 Å². The van der Waals surface area contributed by atoms with Gasteiger partial charge in [-0.15, -0.1) is 0 Å². The molecule has 1 N–H and O–H groups in total. The lowest BCUT2D eigenvalue weighted by atomic mass is 10.1. The molecule has 0 aliphatic carbocycles. The van der Waals surface area contributed by atoms with Gasteiger partial charge in [0, 0.05) is 38.2 Å². The Bertz CT molecular complexity index is 636. The maximum Gasteiger partial charge on any atom is 0.408 e. The fourth-order valence-corrected chi connectivity index (χ4v) is 2.68. The van der Waals surface area contributed by atoms with E-state index < -0.39 is 17.7 Å². The largest absolute Gasteiger partial charge is 0.474 e. The maximum absolute atomic E-state index is 12.5. The van der Waals surface area contributed by atoms with E-state index in [1.54, 1.807) is 44.9 Å². The van der Waals surface area contributed by atoms with E-state index in [1.807, 2.05) is 6.92 Å². The van der Waals surface area contributed by atoms with E-state index in [4.69, 9.17) is 9.47 Å². The Morgan fingerprint density at radius 3 is 2.54 bits per heavy atom. The molecule has 1 aromatic heterocycles. The van der Waals surface area contributed by atoms with Crippen molar-refractivity contribution in [2.45, 2.75) is 65.2 Å². The number of hydrogen-bond acceptors (Lipinski definition) is 6. The van der Waals surface area contributed by atoms with Crippen LogP contribution < -0.4 is 10.1 Å². The van der Waals surface area contributed by atoms with E-state index in [1.165, 1.54) is 0 Å². The zero-order chi connectivity index (χ0) is 19.3. The molecule has 8 nitrogen and oxygen atoms in total. The van der Waals surface area contributed by atoms with Gasteiger partial charge in [0.15, 0.2) is 0 Å². The maximum atomic E-state index is 12.5. The number of nitrogens with zero attached hydrogens (tertiary/aromatic N) is 3. The van der Waals surface area contributed by atoms with Gasteiger partial charge in [-0.25, -0.2) is 9.78 Å². The van der Waals surface area contributed by atoms with Crippen LogP contribution in [0.3, 0.4) is 0 Å². The number of amides is 2. The van der Waals surface area contributed by atoms with Gasteiger partial charge >= 0.3 is 6.09 Å². The molecule has 1 aliphatic heterocycles. The van der Waals surface area contributed by atoms with Gasteiger partial charge in [-0.2, -0.15) is 4.98 Å². The number of likely N-dealkylation sites (tertiary alicyclic amines) is 1. The van der Waals surface area contributed by atoms with E-state index in [-0.39, 0.29) is 12.0 Å². The Labute approximate surface area is 154 Å². The van der Waals surface area contributed by atoms with Crippen LogP contribution in [0.4, 0.5) is 4.79 Å². The first kappa shape index (κ1) is 19.9. The average molecular weight is 364 g/mol. The number of ether oxygens (including phenoxy) is 2. The van der Waals surface area contributed by atoms with E-state index in [9.17, 15) is 9.59 Å². The number of piperidine rings is 1. The first-order chi connectivity index (χ1) is 12.1. The van der Waals surface area contributed by atoms with Gasteiger partial charge in [0.05, 0.1) is 0 Å². The Kier molecular flexibility index (Phi) is 6.39. The highest BCUT2D eigenvalue weighted by Crippen LogP contribution is 2.18. The van der Waals surface area contributed by atoms with Crippen molar-refractivity contribution in [2.75, 3.05) is 13.1 Å². The minimum atomic E-state index is -0.633. The number of aryl methyl sites for hydroxylation is 1. The second-order valence-electron chi connectivity index (χ2n) is 7.45. The molecule has 2 rings (SSSR count). The summed E-state index contributed by atoms with van der Waals surface area (Å²) in [5.74, 6) is 1.10. The van der Waals surface area contributed by atoms with Crippen LogP contribution in [-0.2, 0) is 9.53 Å². The first-order valence-corrected chi connectivity index (χ1v) is 8.88. The van der Waals surface area contributed by atoms with Crippen LogP contribution in [0.2, 0.25) is 0 Å². The van der Waals surface area contributed by atoms with Gasteiger partial charge in [0.2, 0.25) is 11.8 Å². The van der Waals surface area contributed by atoms with E-state index in [0.717, 1.165) is 0 Å². The standard InChI is InChI=1S/C18H28N4O4/c1-12(20-17(24)26-18(3,4)5)16(23)22-10-7-14(8-11-22)25-15-6-9-19-13(2)21-15/h6,9,12,14H,7-8,10-11H2,1-5H3,(H,20,24). The van der Waals surface area contributed by atoms with Crippen molar-refractivity contribution in [1.29, 1.82) is 0 Å². The van der Waals surface area contributed by atoms with Crippen molar-refractivity contribution in [2.24, 2.45) is 0 Å². The summed E-state index contributed by atoms with van der Waals surface area (Å²) in [5.41, 5.74) is -0.595. The minimum Gasteiger partial charge on any atom is -0.474 e. The van der Waals surface area contributed by atoms with Crippen LogP contribution >= 0.6 is 0 Å². The van der Waals surface area contributed by atoms with Crippen LogP contribution in [0.15, 0.2) is 12.3 Å². The molecule has 0 radical (unpaired) electrons. The summed E-state index contributed by atoms with van der Waals surface area (Å²) in [6, 6.07) is 1.10. The lowest BCUT2D eigenvalue weighted by molar-refractivity contribution is -0.134. The minimum absolute atomic E-state index is 0.0162. The molecule has 1 aliphatic rings. The molecule has 8 heteroatoms. The van der Waals surface area contributed by atoms with E-state index >= 15 is 0 Å². The van der Waals surface area contributed by atoms with Crippen LogP contribution in [0.5, 0.6) is 5.88 Å². The summed E-state index contributed by atoms with van der Waals surface area (Å²) in [7, 11) is 0. The predicted molar refractivity (Wildman–Crippen MR) is 95.8 cm³/mol. The van der Waals surface area contributed by atoms with Gasteiger partial charge in [-0.05, 0) is 34.6 Å². The van der Waals surface area contributed by atoms with Crippen LogP contribution in [0.1, 0.15) is 46.4 Å². The van der Waals surface area contributed by atoms with Gasteiger partial charge in [0.1, 0.15) is 23.6 Å². The zero-order valence-corrected chi connectivity index (χ0v) is 16.1. The van der Waals surface area contributed by atoms with Crippen molar-refractivity contribution in [3.63, 3.8) is 0 Å². The molecule has 1 aromatic rings. The van der Waals surface area contributed by atoms with Crippen molar-refractivity contribution < 1.29 is 19.1 Å². The number of carbonyl (C=O) groups excluding carboxylic acids is 2. The Hall–Kier alpha value is -2.38. The molecule has 1 saturated heterocycles. The smallest absolute Gasteiger partial charge is 0.408 e. The Morgan fingerprint density at radius 2 is 1.96 bits per heavy atom. The molecule has 0 bridgehead atoms. The first-order valence-electron chi connectivity index (χ1n) is 8.88. The predicted octanol–water partition coefficient (Wildman–Crippen LogP) is 2.07. The lowest BCUT2D eigenvalue weighted by Gasteiger charge is -2.33. The van der Waals surface area contributed by atoms with Crippen molar-refractivity contribution in [3.05, 3.63) is 18.1 Å². The summed E-state index contributed by atoms with van der Waals surface area (Å²) in [4.78, 5) is 34.3. The highest BCUT2D eigenvalue weighted by Gasteiger charge is 2.28. The van der Waals surface area contributed by atoms with Crippen molar-refractivity contribution >= 4 is 12.0 Å². The van der Waals surface area contributed by atoms with E-state index in [2.05, 4.69) is 15.3 Å². The third kappa shape index (κ3) is 6.16. The number of aromatic nitrogens is 2. The molecule has 0 aromatic carbocycles. The summed E-state index contributed by atoms with van der Waals surface area (Å²) in [6.07, 6.45) is 2.53. The number of carbonyl (C=O) groups is 2. The summed E-state index contributed by atoms with van der Waals surface area (Å²) < 4.78 is 11.1. The molecule has 1 unspecified atom stereocenters. The topological polar surface area (TPSA) is 93.7 Å². The number of rotatable bonds is 4. The quantitative estimate of drug-likeness (QED) is 0.879. The number of nitrogens with one attached hydrogen (secondary N) is 1. The third-order valence-electron chi connectivity index (χ3n) is 3.90. The molecule has 0 spiro atoms. The van der Waals surface area contributed by atoms with Crippen molar-refractivity contribution in [3.8, 4) is 5.88 Å². The normalized spacial score (nSPS) is 16.7. The monoisotopic (exact) mass is 364 g/mol. The third-order valence-corrected chi connectivity index (χ3v) is 3.90. The molecule has 144 valence electrons. The van der Waals surface area contributed by atoms with Crippen LogP contribution in [-0.4, -0.2) is 57.7 Å². The summed E-state index contributed by atoms with van der Waals surface area (Å²) in [5, 5.41) is 2.59. The molecule has 1 fully saturated rings. The summed E-state index contributed by atoms with van der Waals surface area (Å²) >= 11 is 0. The highest BCUT2D eigenvalue weighted by atomic mass is 16.6. The van der Waals surface area contributed by atoms with Gasteiger partial charge in [0.25, 0.3) is 0 Å². The number of hydrogen-bond donors (Lipinski definition) is 1. The molecule has 2 amide bonds. The Balaban J connectivity index is 1.79. The fraction of sp³-hybridized carbons (Fsp3) is 0.667. The second kappa shape index (κ2) is 8.33. The molecule has 0 saturated carbocycles. The molecular formula is C18H28N4O4. The summed E-state index contributed by atoms with van der Waals surface area (Å²) in [6.45, 7) is 9.97. The van der Waals surface area contributed by atoms with Gasteiger partial charge < -0.3 is 19.7 Å². The lowest BCUT2D eigenvalue weighted by Crippen LogP contribution is -2.51. The van der Waals surface area contributed by atoms with Gasteiger partial charge in [-0.1, -0.05) is 0 Å².